The monoisotopic (exact) mass is 203 g/mol. The highest BCUT2D eigenvalue weighted by atomic mass is 16.6. The van der Waals surface area contributed by atoms with E-state index in [1.54, 1.807) is 26.8 Å². The number of carbonyl (C=O) groups excluding carboxylic acids is 1. The van der Waals surface area contributed by atoms with E-state index >= 15 is 0 Å². The second-order valence-electron chi connectivity index (χ2n) is 3.58. The van der Waals surface area contributed by atoms with Crippen molar-refractivity contribution in [2.75, 3.05) is 13.2 Å². The first-order valence-electron chi connectivity index (χ1n) is 4.51. The van der Waals surface area contributed by atoms with Crippen LogP contribution in [0.2, 0.25) is 0 Å². The molecule has 0 rings (SSSR count). The average Bonchev–Trinajstić information content (AvgIpc) is 2.02. The van der Waals surface area contributed by atoms with Crippen molar-refractivity contribution < 1.29 is 14.6 Å². The summed E-state index contributed by atoms with van der Waals surface area (Å²) in [6, 6.07) is 0. The Labute approximate surface area is 85.7 Å². The van der Waals surface area contributed by atoms with Gasteiger partial charge in [0.05, 0.1) is 13.0 Å². The molecule has 0 spiro atoms. The molecular formula is C10H21NO3. The molecule has 14 heavy (non-hydrogen) atoms. The summed E-state index contributed by atoms with van der Waals surface area (Å²) >= 11 is 0. The van der Waals surface area contributed by atoms with Gasteiger partial charge >= 0.3 is 5.97 Å². The van der Waals surface area contributed by atoms with Crippen molar-refractivity contribution in [2.45, 2.75) is 32.8 Å². The van der Waals surface area contributed by atoms with E-state index in [9.17, 15) is 4.79 Å². The molecule has 0 fully saturated rings. The van der Waals surface area contributed by atoms with Crippen LogP contribution in [0.1, 0.15) is 27.2 Å². The van der Waals surface area contributed by atoms with Crippen LogP contribution < -0.4 is 5.73 Å². The fourth-order valence-electron chi connectivity index (χ4n) is 0.484. The topological polar surface area (TPSA) is 72.5 Å². The number of esters is 1. The Morgan fingerprint density at radius 1 is 1.57 bits per heavy atom. The Kier molecular flexibility index (Phi) is 9.71. The summed E-state index contributed by atoms with van der Waals surface area (Å²) in [7, 11) is 0. The van der Waals surface area contributed by atoms with Gasteiger partial charge in [-0.3, -0.25) is 4.79 Å². The molecule has 0 aliphatic rings. The van der Waals surface area contributed by atoms with E-state index in [2.05, 4.69) is 6.58 Å². The average molecular weight is 203 g/mol. The first-order chi connectivity index (χ1) is 6.37. The molecular weight excluding hydrogens is 182 g/mol. The van der Waals surface area contributed by atoms with Gasteiger partial charge in [0.15, 0.2) is 0 Å². The third kappa shape index (κ3) is 17.3. The molecule has 0 amide bonds. The van der Waals surface area contributed by atoms with E-state index in [1.165, 1.54) is 0 Å². The Hall–Kier alpha value is -0.870. The zero-order chi connectivity index (χ0) is 11.6. The van der Waals surface area contributed by atoms with Crippen molar-refractivity contribution in [3.05, 3.63) is 12.7 Å². The lowest BCUT2D eigenvalue weighted by Crippen LogP contribution is -2.24. The van der Waals surface area contributed by atoms with E-state index in [0.29, 0.717) is 6.54 Å². The van der Waals surface area contributed by atoms with E-state index < -0.39 is 5.60 Å². The van der Waals surface area contributed by atoms with Crippen LogP contribution in [0.5, 0.6) is 0 Å². The maximum atomic E-state index is 10.7. The molecule has 0 aromatic heterocycles. The molecule has 0 radical (unpaired) electrons. The Bertz CT molecular complexity index is 161. The third-order valence-electron chi connectivity index (χ3n) is 0.903. The molecule has 4 heteroatoms. The fraction of sp³-hybridized carbons (Fsp3) is 0.700. The van der Waals surface area contributed by atoms with Gasteiger partial charge in [0, 0.05) is 6.54 Å². The van der Waals surface area contributed by atoms with Crippen molar-refractivity contribution >= 4 is 5.97 Å². The lowest BCUT2D eigenvalue weighted by atomic mass is 10.2. The second kappa shape index (κ2) is 8.72. The predicted molar refractivity (Wildman–Crippen MR) is 56.8 cm³/mol. The maximum Gasteiger partial charge on any atom is 0.308 e. The largest absolute Gasteiger partial charge is 0.460 e. The van der Waals surface area contributed by atoms with Crippen LogP contribution in [0.15, 0.2) is 12.7 Å². The summed E-state index contributed by atoms with van der Waals surface area (Å²) in [6.07, 6.45) is 1.73. The van der Waals surface area contributed by atoms with Gasteiger partial charge in [-0.15, -0.1) is 6.58 Å². The molecule has 0 aliphatic heterocycles. The van der Waals surface area contributed by atoms with Crippen LogP contribution in [0.4, 0.5) is 0 Å². The quantitative estimate of drug-likeness (QED) is 0.526. The molecule has 0 saturated carbocycles. The zero-order valence-electron chi connectivity index (χ0n) is 9.25. The molecule has 0 bridgehead atoms. The van der Waals surface area contributed by atoms with Crippen LogP contribution >= 0.6 is 0 Å². The number of rotatable bonds is 3. The maximum absolute atomic E-state index is 10.7. The summed E-state index contributed by atoms with van der Waals surface area (Å²) < 4.78 is 4.88. The summed E-state index contributed by atoms with van der Waals surface area (Å²) in [5.41, 5.74) is 4.47. The van der Waals surface area contributed by atoms with Crippen molar-refractivity contribution in [3.63, 3.8) is 0 Å². The molecule has 3 N–H and O–H groups in total. The lowest BCUT2D eigenvalue weighted by molar-refractivity contribution is -0.155. The molecule has 4 nitrogen and oxygen atoms in total. The van der Waals surface area contributed by atoms with E-state index in [1.807, 2.05) is 0 Å². The zero-order valence-corrected chi connectivity index (χ0v) is 9.25. The summed E-state index contributed by atoms with van der Waals surface area (Å²) in [5, 5.41) is 8.33. The van der Waals surface area contributed by atoms with E-state index in [-0.39, 0.29) is 19.0 Å². The van der Waals surface area contributed by atoms with E-state index in [0.717, 1.165) is 0 Å². The van der Waals surface area contributed by atoms with E-state index in [4.69, 9.17) is 15.6 Å². The molecule has 84 valence electrons. The fourth-order valence-corrected chi connectivity index (χ4v) is 0.484. The minimum atomic E-state index is -0.438. The third-order valence-corrected chi connectivity index (χ3v) is 0.903. The van der Waals surface area contributed by atoms with Crippen molar-refractivity contribution in [1.29, 1.82) is 0 Å². The number of nitrogens with two attached hydrogens (primary N) is 1. The van der Waals surface area contributed by atoms with Gasteiger partial charge in [0.25, 0.3) is 0 Å². The smallest absolute Gasteiger partial charge is 0.308 e. The normalized spacial score (nSPS) is 9.79. The molecule has 0 atom stereocenters. The van der Waals surface area contributed by atoms with Gasteiger partial charge in [0.1, 0.15) is 5.60 Å². The number of aliphatic hydroxyl groups is 1. The Balaban J connectivity index is 0. The van der Waals surface area contributed by atoms with Crippen LogP contribution in [-0.2, 0) is 9.53 Å². The summed E-state index contributed by atoms with van der Waals surface area (Å²) in [5.74, 6) is -0.352. The van der Waals surface area contributed by atoms with Crippen molar-refractivity contribution in [1.82, 2.24) is 0 Å². The predicted octanol–water partition coefficient (Wildman–Crippen LogP) is 0.842. The van der Waals surface area contributed by atoms with Gasteiger partial charge in [-0.25, -0.2) is 0 Å². The summed E-state index contributed by atoms with van der Waals surface area (Å²) in [4.78, 5) is 10.7. The van der Waals surface area contributed by atoms with Gasteiger partial charge in [-0.1, -0.05) is 6.08 Å². The number of hydrogen-bond donors (Lipinski definition) is 2. The Morgan fingerprint density at radius 2 is 2.00 bits per heavy atom. The minimum Gasteiger partial charge on any atom is -0.460 e. The summed E-state index contributed by atoms with van der Waals surface area (Å²) in [6.45, 7) is 9.18. The van der Waals surface area contributed by atoms with Crippen LogP contribution in [-0.4, -0.2) is 29.8 Å². The molecule has 0 unspecified atom stereocenters. The standard InChI is InChI=1S/C7H14O3.C3H7N/c1-7(2,3)10-6(9)4-5-8;1-2-3-4/h8H,4-5H2,1-3H3;2H,1,3-4H2. The molecule has 0 aliphatic carbocycles. The van der Waals surface area contributed by atoms with Crippen LogP contribution in [0, 0.1) is 0 Å². The van der Waals surface area contributed by atoms with Gasteiger partial charge < -0.3 is 15.6 Å². The van der Waals surface area contributed by atoms with Crippen LogP contribution in [0.3, 0.4) is 0 Å². The second-order valence-corrected chi connectivity index (χ2v) is 3.58. The van der Waals surface area contributed by atoms with Gasteiger partial charge in [0.2, 0.25) is 0 Å². The highest BCUT2D eigenvalue weighted by molar-refractivity contribution is 5.69. The number of hydrogen-bond acceptors (Lipinski definition) is 4. The number of ether oxygens (including phenoxy) is 1. The van der Waals surface area contributed by atoms with Crippen molar-refractivity contribution in [2.24, 2.45) is 5.73 Å². The minimum absolute atomic E-state index is 0.0806. The number of carbonyl (C=O) groups is 1. The molecule has 0 aromatic carbocycles. The molecule has 0 heterocycles. The first-order valence-corrected chi connectivity index (χ1v) is 4.51. The van der Waals surface area contributed by atoms with Gasteiger partial charge in [-0.2, -0.15) is 0 Å². The molecule has 0 aromatic rings. The van der Waals surface area contributed by atoms with Crippen molar-refractivity contribution in [3.8, 4) is 0 Å². The number of aliphatic hydroxyl groups excluding tert-OH is 1. The molecule has 0 saturated heterocycles. The lowest BCUT2D eigenvalue weighted by Gasteiger charge is -2.18. The Morgan fingerprint density at radius 3 is 2.21 bits per heavy atom. The van der Waals surface area contributed by atoms with Gasteiger partial charge in [-0.05, 0) is 20.8 Å². The van der Waals surface area contributed by atoms with Crippen LogP contribution in [0.25, 0.3) is 0 Å². The highest BCUT2D eigenvalue weighted by Gasteiger charge is 2.14. The SMILES string of the molecule is C=CCN.CC(C)(C)OC(=O)CCO. The first kappa shape index (κ1) is 15.6. The highest BCUT2D eigenvalue weighted by Crippen LogP contribution is 2.07.